The van der Waals surface area contributed by atoms with Gasteiger partial charge in [-0.05, 0) is 66.0 Å². The summed E-state index contributed by atoms with van der Waals surface area (Å²) in [5, 5.41) is 5.31. The third-order valence-corrected chi connectivity index (χ3v) is 6.65. The number of ether oxygens (including phenoxy) is 2. The van der Waals surface area contributed by atoms with Crippen LogP contribution in [-0.2, 0) is 35.1 Å². The lowest BCUT2D eigenvalue weighted by atomic mass is 9.98. The van der Waals surface area contributed by atoms with Crippen molar-refractivity contribution in [2.24, 2.45) is 5.73 Å². The molecule has 11 nitrogen and oxygen atoms in total. The van der Waals surface area contributed by atoms with Crippen molar-refractivity contribution < 1.29 is 33.4 Å². The zero-order valence-electron chi connectivity index (χ0n) is 27.6. The van der Waals surface area contributed by atoms with Gasteiger partial charge < -0.3 is 30.7 Å². The zero-order chi connectivity index (χ0) is 33.9. The number of benzene rings is 2. The molecule has 45 heavy (non-hydrogen) atoms. The molecule has 2 aromatic rings. The van der Waals surface area contributed by atoms with Gasteiger partial charge in [0.2, 0.25) is 17.7 Å². The molecule has 0 saturated carbocycles. The zero-order valence-corrected chi connectivity index (χ0v) is 27.6. The molecule has 4 atom stereocenters. The number of nitrogens with zero attached hydrogens (tertiary/aromatic N) is 1. The van der Waals surface area contributed by atoms with Crippen LogP contribution >= 0.6 is 0 Å². The van der Waals surface area contributed by atoms with E-state index in [1.54, 1.807) is 78.8 Å². The van der Waals surface area contributed by atoms with Gasteiger partial charge in [-0.2, -0.15) is 0 Å². The summed E-state index contributed by atoms with van der Waals surface area (Å²) in [5.41, 5.74) is 5.05. The Labute approximate surface area is 266 Å². The third-order valence-electron chi connectivity index (χ3n) is 6.65. The molecule has 0 heterocycles. The average molecular weight is 625 g/mol. The average Bonchev–Trinajstić information content (AvgIpc) is 2.93. The molecule has 0 aliphatic carbocycles. The summed E-state index contributed by atoms with van der Waals surface area (Å²) < 4.78 is 11.0. The van der Waals surface area contributed by atoms with Gasteiger partial charge in [0.15, 0.2) is 0 Å². The maximum Gasteiger partial charge on any atom is 0.408 e. The Morgan fingerprint density at radius 2 is 1.33 bits per heavy atom. The molecule has 0 aromatic heterocycles. The van der Waals surface area contributed by atoms with E-state index in [0.717, 1.165) is 5.56 Å². The van der Waals surface area contributed by atoms with Crippen LogP contribution in [0.1, 0.15) is 85.4 Å². The number of carbonyl (C=O) groups is 5. The van der Waals surface area contributed by atoms with Crippen LogP contribution in [0.3, 0.4) is 0 Å². The molecule has 2 aromatic carbocycles. The van der Waals surface area contributed by atoms with E-state index in [1.807, 2.05) is 37.3 Å². The molecular weight excluding hydrogens is 576 g/mol. The topological polar surface area (TPSA) is 157 Å². The minimum Gasteiger partial charge on any atom is -0.458 e. The molecule has 0 aliphatic heterocycles. The Morgan fingerprint density at radius 3 is 1.82 bits per heavy atom. The third kappa shape index (κ3) is 12.2. The second-order valence-corrected chi connectivity index (χ2v) is 13.0. The van der Waals surface area contributed by atoms with Gasteiger partial charge in [0.05, 0.1) is 6.42 Å². The highest BCUT2D eigenvalue weighted by Crippen LogP contribution is 2.27. The SMILES string of the molecule is CCC(C)N(C(=O)C(CC(N)=O)NC(=O)OC(C)(C)C)C(C(=O)NC(Cc1ccccc1)C(=O)OC(C)(C)C)c1ccccc1. The predicted octanol–water partition coefficient (Wildman–Crippen LogP) is 4.19. The van der Waals surface area contributed by atoms with Crippen LogP contribution < -0.4 is 16.4 Å². The molecule has 0 fully saturated rings. The van der Waals surface area contributed by atoms with Gasteiger partial charge in [-0.1, -0.05) is 67.6 Å². The second-order valence-electron chi connectivity index (χ2n) is 13.0. The molecule has 0 spiro atoms. The molecule has 0 radical (unpaired) electrons. The fourth-order valence-electron chi connectivity index (χ4n) is 4.57. The maximum absolute atomic E-state index is 14.3. The predicted molar refractivity (Wildman–Crippen MR) is 171 cm³/mol. The largest absolute Gasteiger partial charge is 0.458 e. The first-order valence-corrected chi connectivity index (χ1v) is 15.1. The van der Waals surface area contributed by atoms with Crippen molar-refractivity contribution in [3.05, 3.63) is 71.8 Å². The van der Waals surface area contributed by atoms with E-state index in [-0.39, 0.29) is 6.42 Å². The van der Waals surface area contributed by atoms with Crippen molar-refractivity contribution in [2.75, 3.05) is 0 Å². The number of amides is 4. The molecule has 0 bridgehead atoms. The van der Waals surface area contributed by atoms with Crippen LogP contribution in [0.15, 0.2) is 60.7 Å². The normalized spacial score (nSPS) is 14.2. The van der Waals surface area contributed by atoms with Crippen LogP contribution in [-0.4, -0.2) is 64.0 Å². The van der Waals surface area contributed by atoms with Crippen LogP contribution in [0.25, 0.3) is 0 Å². The molecular formula is C34H48N4O7. The number of alkyl carbamates (subject to hydrolysis) is 1. The van der Waals surface area contributed by atoms with Gasteiger partial charge in [0.25, 0.3) is 0 Å². The molecule has 0 saturated heterocycles. The first kappa shape index (κ1) is 36.8. The summed E-state index contributed by atoms with van der Waals surface area (Å²) in [4.78, 5) is 68.1. The highest BCUT2D eigenvalue weighted by molar-refractivity contribution is 5.95. The standard InChI is InChI=1S/C34H48N4O7/c1-9-22(2)38(30(41)25(21-27(35)39)37-32(43)45-34(6,7)8)28(24-18-14-11-15-19-24)29(40)36-26(31(42)44-33(3,4)5)20-23-16-12-10-13-17-23/h10-19,22,25-26,28H,9,20-21H2,1-8H3,(H2,35,39)(H,36,40)(H,37,43). The lowest BCUT2D eigenvalue weighted by Gasteiger charge is -2.38. The molecule has 2 rings (SSSR count). The summed E-state index contributed by atoms with van der Waals surface area (Å²) >= 11 is 0. The van der Waals surface area contributed by atoms with Crippen LogP contribution in [0, 0.1) is 0 Å². The molecule has 0 aliphatic rings. The molecule has 246 valence electrons. The summed E-state index contributed by atoms with van der Waals surface area (Å²) in [6.07, 6.45) is -0.870. The van der Waals surface area contributed by atoms with Crippen molar-refractivity contribution in [1.29, 1.82) is 0 Å². The number of carbonyl (C=O) groups excluding carboxylic acids is 5. The minimum absolute atomic E-state index is 0.144. The maximum atomic E-state index is 14.3. The number of primary amides is 1. The summed E-state index contributed by atoms with van der Waals surface area (Å²) in [6, 6.07) is 13.5. The van der Waals surface area contributed by atoms with E-state index in [1.165, 1.54) is 4.90 Å². The number of hydrogen-bond acceptors (Lipinski definition) is 7. The van der Waals surface area contributed by atoms with E-state index in [9.17, 15) is 24.0 Å². The van der Waals surface area contributed by atoms with E-state index in [4.69, 9.17) is 15.2 Å². The smallest absolute Gasteiger partial charge is 0.408 e. The van der Waals surface area contributed by atoms with E-state index in [2.05, 4.69) is 10.6 Å². The highest BCUT2D eigenvalue weighted by Gasteiger charge is 2.40. The van der Waals surface area contributed by atoms with E-state index >= 15 is 0 Å². The molecule has 4 N–H and O–H groups in total. The van der Waals surface area contributed by atoms with Gasteiger partial charge in [0, 0.05) is 12.5 Å². The van der Waals surface area contributed by atoms with Crippen LogP contribution in [0.5, 0.6) is 0 Å². The fraction of sp³-hybridized carbons (Fsp3) is 0.500. The Morgan fingerprint density at radius 1 is 0.800 bits per heavy atom. The Bertz CT molecular complexity index is 1300. The van der Waals surface area contributed by atoms with Crippen molar-refractivity contribution >= 4 is 29.8 Å². The number of nitrogens with one attached hydrogen (secondary N) is 2. The van der Waals surface area contributed by atoms with Crippen molar-refractivity contribution in [3.8, 4) is 0 Å². The first-order chi connectivity index (χ1) is 20.9. The number of rotatable bonds is 13. The van der Waals surface area contributed by atoms with Gasteiger partial charge in [-0.3, -0.25) is 14.4 Å². The summed E-state index contributed by atoms with van der Waals surface area (Å²) in [7, 11) is 0. The lowest BCUT2D eigenvalue weighted by Crippen LogP contribution is -2.57. The lowest BCUT2D eigenvalue weighted by molar-refractivity contribution is -0.159. The van der Waals surface area contributed by atoms with Crippen LogP contribution in [0.4, 0.5) is 4.79 Å². The van der Waals surface area contributed by atoms with Gasteiger partial charge >= 0.3 is 12.1 Å². The number of nitrogens with two attached hydrogens (primary N) is 1. The fourth-order valence-corrected chi connectivity index (χ4v) is 4.57. The monoisotopic (exact) mass is 624 g/mol. The Kier molecular flexibility index (Phi) is 13.1. The van der Waals surface area contributed by atoms with Crippen molar-refractivity contribution in [1.82, 2.24) is 15.5 Å². The Balaban J connectivity index is 2.59. The van der Waals surface area contributed by atoms with Gasteiger partial charge in [-0.15, -0.1) is 0 Å². The highest BCUT2D eigenvalue weighted by atomic mass is 16.6. The van der Waals surface area contributed by atoms with Gasteiger partial charge in [-0.25, -0.2) is 9.59 Å². The van der Waals surface area contributed by atoms with E-state index < -0.39 is 71.6 Å². The Hall–Kier alpha value is -4.41. The van der Waals surface area contributed by atoms with E-state index in [0.29, 0.717) is 12.0 Å². The minimum atomic E-state index is -1.42. The van der Waals surface area contributed by atoms with Crippen LogP contribution in [0.2, 0.25) is 0 Å². The van der Waals surface area contributed by atoms with Crippen molar-refractivity contribution in [2.45, 2.75) is 110 Å². The number of hydrogen-bond donors (Lipinski definition) is 3. The quantitative estimate of drug-likeness (QED) is 0.282. The van der Waals surface area contributed by atoms with Gasteiger partial charge in [0.1, 0.15) is 29.3 Å². The molecule has 4 unspecified atom stereocenters. The molecule has 11 heteroatoms. The first-order valence-electron chi connectivity index (χ1n) is 15.1. The summed E-state index contributed by atoms with van der Waals surface area (Å²) in [5.74, 6) is -2.82. The molecule has 4 amide bonds. The summed E-state index contributed by atoms with van der Waals surface area (Å²) in [6.45, 7) is 13.8. The van der Waals surface area contributed by atoms with Crippen molar-refractivity contribution in [3.63, 3.8) is 0 Å². The second kappa shape index (κ2) is 16.1. The number of esters is 1.